The zero-order valence-electron chi connectivity index (χ0n) is 20.7. The number of hydrogen-bond acceptors (Lipinski definition) is 3. The Morgan fingerprint density at radius 1 is 0.774 bits per heavy atom. The van der Waals surface area contributed by atoms with Crippen molar-refractivity contribution in [3.05, 3.63) is 25.3 Å². The predicted octanol–water partition coefficient (Wildman–Crippen LogP) is 7.43. The van der Waals surface area contributed by atoms with Gasteiger partial charge in [0, 0.05) is 12.0 Å². The van der Waals surface area contributed by atoms with Crippen molar-refractivity contribution in [3.63, 3.8) is 0 Å². The van der Waals surface area contributed by atoms with E-state index >= 15 is 0 Å². The van der Waals surface area contributed by atoms with Crippen LogP contribution < -0.4 is 5.32 Å². The summed E-state index contributed by atoms with van der Waals surface area (Å²) >= 11 is 0. The lowest BCUT2D eigenvalue weighted by Crippen LogP contribution is -2.47. The fraction of sp³-hybridized carbons (Fsp3) is 0.778. The highest BCUT2D eigenvalue weighted by Gasteiger charge is 2.25. The summed E-state index contributed by atoms with van der Waals surface area (Å²) in [6.07, 6.45) is 19.8. The Hall–Kier alpha value is -1.58. The van der Waals surface area contributed by atoms with E-state index in [1.807, 2.05) is 32.9 Å². The van der Waals surface area contributed by atoms with Gasteiger partial charge in [-0.3, -0.25) is 9.59 Å². The number of unbranched alkanes of at least 4 members (excludes halogenated alkanes) is 12. The summed E-state index contributed by atoms with van der Waals surface area (Å²) in [5.41, 5.74) is -0.335. The minimum Gasteiger partial charge on any atom is -0.452 e. The van der Waals surface area contributed by atoms with Crippen molar-refractivity contribution in [2.75, 3.05) is 0 Å². The summed E-state index contributed by atoms with van der Waals surface area (Å²) in [6, 6.07) is 0. The number of carbonyl (C=O) groups excluding carboxylic acids is 2. The van der Waals surface area contributed by atoms with Crippen molar-refractivity contribution in [2.24, 2.45) is 0 Å². The number of allylic oxidation sites excluding steroid dienone is 2. The Balaban J connectivity index is 4.22. The highest BCUT2D eigenvalue weighted by molar-refractivity contribution is 5.84. The molecule has 0 aromatic heterocycles. The monoisotopic (exact) mass is 435 g/mol. The van der Waals surface area contributed by atoms with Crippen molar-refractivity contribution in [1.82, 2.24) is 5.32 Å². The summed E-state index contributed by atoms with van der Waals surface area (Å²) in [5.74, 6) is -0.417. The van der Waals surface area contributed by atoms with Crippen molar-refractivity contribution >= 4 is 11.9 Å². The van der Waals surface area contributed by atoms with Crippen LogP contribution in [0.5, 0.6) is 0 Å². The number of nitrogens with one attached hydrogen (secondary N) is 1. The van der Waals surface area contributed by atoms with Crippen LogP contribution in [-0.4, -0.2) is 23.5 Å². The first-order valence-corrected chi connectivity index (χ1v) is 12.5. The first-order chi connectivity index (χ1) is 14.8. The van der Waals surface area contributed by atoms with Crippen LogP contribution in [0.1, 0.15) is 124 Å². The first-order valence-electron chi connectivity index (χ1n) is 12.5. The zero-order chi connectivity index (χ0) is 23.4. The molecule has 1 atom stereocenters. The van der Waals surface area contributed by atoms with Crippen LogP contribution in [0.2, 0.25) is 0 Å². The maximum atomic E-state index is 12.6. The van der Waals surface area contributed by atoms with Crippen LogP contribution in [0.25, 0.3) is 0 Å². The normalized spacial score (nSPS) is 12.2. The maximum absolute atomic E-state index is 12.6. The summed E-state index contributed by atoms with van der Waals surface area (Å²) in [4.78, 5) is 24.9. The summed E-state index contributed by atoms with van der Waals surface area (Å²) in [7, 11) is 0. The molecule has 0 radical (unpaired) electrons. The van der Waals surface area contributed by atoms with Crippen LogP contribution in [0.15, 0.2) is 25.3 Å². The van der Waals surface area contributed by atoms with Crippen LogP contribution in [0, 0.1) is 0 Å². The summed E-state index contributed by atoms with van der Waals surface area (Å²) < 4.78 is 5.60. The molecule has 0 aliphatic carbocycles. The van der Waals surface area contributed by atoms with Gasteiger partial charge in [0.2, 0.25) is 0 Å². The molecule has 0 aromatic rings. The second-order valence-electron chi connectivity index (χ2n) is 9.65. The van der Waals surface area contributed by atoms with Crippen molar-refractivity contribution < 1.29 is 14.3 Å². The second-order valence-corrected chi connectivity index (χ2v) is 9.65. The molecule has 0 fully saturated rings. The van der Waals surface area contributed by atoms with Crippen molar-refractivity contribution in [2.45, 2.75) is 135 Å². The number of carbonyl (C=O) groups is 2. The van der Waals surface area contributed by atoms with E-state index in [1.165, 1.54) is 38.5 Å². The summed E-state index contributed by atoms with van der Waals surface area (Å²) in [6.45, 7) is 13.3. The van der Waals surface area contributed by atoms with Crippen LogP contribution >= 0.6 is 0 Å². The van der Waals surface area contributed by atoms with Crippen molar-refractivity contribution in [3.8, 4) is 0 Å². The third-order valence-corrected chi connectivity index (χ3v) is 5.23. The molecular formula is C27H49NO3. The van der Waals surface area contributed by atoms with E-state index in [4.69, 9.17) is 4.74 Å². The van der Waals surface area contributed by atoms with Gasteiger partial charge in [-0.15, -0.1) is 13.2 Å². The van der Waals surface area contributed by atoms with Gasteiger partial charge in [0.25, 0.3) is 5.91 Å². The van der Waals surface area contributed by atoms with E-state index in [0.29, 0.717) is 12.8 Å². The predicted molar refractivity (Wildman–Crippen MR) is 132 cm³/mol. The third-order valence-electron chi connectivity index (χ3n) is 5.23. The Morgan fingerprint density at radius 3 is 1.71 bits per heavy atom. The molecule has 0 spiro atoms. The van der Waals surface area contributed by atoms with E-state index in [-0.39, 0.29) is 17.4 Å². The van der Waals surface area contributed by atoms with Gasteiger partial charge in [0.1, 0.15) is 0 Å². The molecule has 0 rings (SSSR count). The molecule has 0 heterocycles. The first kappa shape index (κ1) is 29.4. The third kappa shape index (κ3) is 20.1. The Morgan fingerprint density at radius 2 is 1.23 bits per heavy atom. The van der Waals surface area contributed by atoms with E-state index in [1.54, 1.807) is 0 Å². The van der Waals surface area contributed by atoms with Gasteiger partial charge in [-0.1, -0.05) is 63.5 Å². The number of esters is 1. The topological polar surface area (TPSA) is 55.4 Å². The molecule has 0 aliphatic heterocycles. The largest absolute Gasteiger partial charge is 0.452 e. The molecule has 0 aliphatic rings. The second kappa shape index (κ2) is 19.1. The molecule has 0 aromatic carbocycles. The number of amides is 1. The number of ether oxygens (including phenoxy) is 1. The fourth-order valence-corrected chi connectivity index (χ4v) is 3.50. The molecule has 0 saturated heterocycles. The van der Waals surface area contributed by atoms with Crippen LogP contribution in [-0.2, 0) is 14.3 Å². The molecule has 180 valence electrons. The minimum atomic E-state index is -0.675. The molecule has 4 heteroatoms. The van der Waals surface area contributed by atoms with Crippen LogP contribution in [0.3, 0.4) is 0 Å². The van der Waals surface area contributed by atoms with Gasteiger partial charge < -0.3 is 10.1 Å². The number of hydrogen-bond donors (Lipinski definition) is 1. The van der Waals surface area contributed by atoms with Gasteiger partial charge in [0.05, 0.1) is 0 Å². The molecule has 1 N–H and O–H groups in total. The average Bonchev–Trinajstić information content (AvgIpc) is 2.69. The van der Waals surface area contributed by atoms with Gasteiger partial charge in [-0.2, -0.15) is 0 Å². The highest BCUT2D eigenvalue weighted by Crippen LogP contribution is 2.15. The SMILES string of the molecule is C=CCCCCCCCCC(=O)OC(CCCCCCCCC=C)C(=O)NC(C)(C)C. The molecule has 1 amide bonds. The van der Waals surface area contributed by atoms with E-state index < -0.39 is 6.10 Å². The molecule has 0 bridgehead atoms. The Bertz CT molecular complexity index is 493. The summed E-state index contributed by atoms with van der Waals surface area (Å²) in [5, 5.41) is 2.97. The molecule has 31 heavy (non-hydrogen) atoms. The maximum Gasteiger partial charge on any atom is 0.306 e. The van der Waals surface area contributed by atoms with Gasteiger partial charge >= 0.3 is 5.97 Å². The van der Waals surface area contributed by atoms with E-state index in [2.05, 4.69) is 18.5 Å². The van der Waals surface area contributed by atoms with E-state index in [0.717, 1.165) is 51.4 Å². The quantitative estimate of drug-likeness (QED) is 0.123. The number of rotatable bonds is 20. The lowest BCUT2D eigenvalue weighted by Gasteiger charge is -2.25. The molecule has 1 unspecified atom stereocenters. The zero-order valence-corrected chi connectivity index (χ0v) is 20.7. The van der Waals surface area contributed by atoms with E-state index in [9.17, 15) is 9.59 Å². The van der Waals surface area contributed by atoms with Gasteiger partial charge in [0.15, 0.2) is 6.10 Å². The van der Waals surface area contributed by atoms with Gasteiger partial charge in [-0.05, 0) is 65.7 Å². The molecular weight excluding hydrogens is 386 g/mol. The highest BCUT2D eigenvalue weighted by atomic mass is 16.5. The molecule has 0 saturated carbocycles. The van der Waals surface area contributed by atoms with Crippen LogP contribution in [0.4, 0.5) is 0 Å². The lowest BCUT2D eigenvalue weighted by atomic mass is 10.0. The van der Waals surface area contributed by atoms with Gasteiger partial charge in [-0.25, -0.2) is 0 Å². The molecule has 4 nitrogen and oxygen atoms in total. The average molecular weight is 436 g/mol. The standard InChI is InChI=1S/C27H49NO3/c1-6-8-10-12-14-16-18-20-22-24(26(30)28-27(3,4)5)31-25(29)23-21-19-17-15-13-11-9-7-2/h6-7,24H,1-2,8-23H2,3-5H3,(H,28,30). The minimum absolute atomic E-state index is 0.172. The Labute approximate surface area is 192 Å². The fourth-order valence-electron chi connectivity index (χ4n) is 3.50. The van der Waals surface area contributed by atoms with Crippen molar-refractivity contribution in [1.29, 1.82) is 0 Å². The smallest absolute Gasteiger partial charge is 0.306 e. The Kier molecular flexibility index (Phi) is 18.2. The lowest BCUT2D eigenvalue weighted by molar-refractivity contribution is -0.157.